The summed E-state index contributed by atoms with van der Waals surface area (Å²) in [5, 5.41) is 2.94. The van der Waals surface area contributed by atoms with E-state index in [-0.39, 0.29) is 23.3 Å². The Labute approximate surface area is 162 Å². The van der Waals surface area contributed by atoms with Gasteiger partial charge in [-0.1, -0.05) is 19.8 Å². The maximum absolute atomic E-state index is 13.0. The second-order valence-corrected chi connectivity index (χ2v) is 8.66. The summed E-state index contributed by atoms with van der Waals surface area (Å²) in [6.45, 7) is 3.37. The molecule has 1 amide bonds. The predicted octanol–water partition coefficient (Wildman–Crippen LogP) is 2.41. The largest absolute Gasteiger partial charge is 0.493 e. The van der Waals surface area contributed by atoms with E-state index in [0.717, 1.165) is 19.3 Å². The maximum atomic E-state index is 13.0. The Hall–Kier alpha value is -1.80. The first-order valence-corrected chi connectivity index (χ1v) is 10.9. The number of ether oxygens (including phenoxy) is 2. The molecule has 0 aliphatic carbocycles. The van der Waals surface area contributed by atoms with E-state index in [1.165, 1.54) is 30.7 Å². The molecule has 1 saturated heterocycles. The zero-order chi connectivity index (χ0) is 19.9. The van der Waals surface area contributed by atoms with Crippen LogP contribution in [0.15, 0.2) is 23.1 Å². The van der Waals surface area contributed by atoms with Gasteiger partial charge in [0.15, 0.2) is 11.5 Å². The van der Waals surface area contributed by atoms with Crippen molar-refractivity contribution in [2.45, 2.75) is 43.9 Å². The van der Waals surface area contributed by atoms with Gasteiger partial charge in [0.2, 0.25) is 15.9 Å². The first kappa shape index (κ1) is 21.5. The predicted molar refractivity (Wildman–Crippen MR) is 104 cm³/mol. The van der Waals surface area contributed by atoms with Crippen LogP contribution in [0.4, 0.5) is 0 Å². The van der Waals surface area contributed by atoms with E-state index in [9.17, 15) is 13.2 Å². The summed E-state index contributed by atoms with van der Waals surface area (Å²) in [5.74, 6) is 0.467. The molecule has 0 aromatic heterocycles. The van der Waals surface area contributed by atoms with Crippen molar-refractivity contribution in [1.82, 2.24) is 9.62 Å². The zero-order valence-electron chi connectivity index (χ0n) is 16.4. The Kier molecular flexibility index (Phi) is 7.91. The van der Waals surface area contributed by atoms with E-state index in [1.54, 1.807) is 6.07 Å². The monoisotopic (exact) mass is 398 g/mol. The number of hydrogen-bond acceptors (Lipinski definition) is 5. The molecule has 1 atom stereocenters. The normalized spacial score (nSPS) is 18.1. The smallest absolute Gasteiger partial charge is 0.243 e. The number of carbonyl (C=O) groups excluding carboxylic acids is 1. The fraction of sp³-hybridized carbons (Fsp3) is 0.632. The van der Waals surface area contributed by atoms with Gasteiger partial charge in [-0.05, 0) is 31.4 Å². The number of hydrogen-bond donors (Lipinski definition) is 1. The third-order valence-corrected chi connectivity index (χ3v) is 6.69. The Balaban J connectivity index is 2.08. The van der Waals surface area contributed by atoms with Gasteiger partial charge < -0.3 is 14.8 Å². The lowest BCUT2D eigenvalue weighted by Crippen LogP contribution is -2.45. The number of piperidine rings is 1. The van der Waals surface area contributed by atoms with Crippen molar-refractivity contribution >= 4 is 15.9 Å². The molecular weight excluding hydrogens is 368 g/mol. The van der Waals surface area contributed by atoms with Gasteiger partial charge in [-0.3, -0.25) is 4.79 Å². The highest BCUT2D eigenvalue weighted by Crippen LogP contribution is 2.32. The molecule has 0 spiro atoms. The van der Waals surface area contributed by atoms with Gasteiger partial charge in [0.1, 0.15) is 0 Å². The van der Waals surface area contributed by atoms with Gasteiger partial charge in [0, 0.05) is 25.7 Å². The molecule has 0 saturated carbocycles. The van der Waals surface area contributed by atoms with Crippen LogP contribution in [-0.4, -0.2) is 52.5 Å². The zero-order valence-corrected chi connectivity index (χ0v) is 17.2. The molecule has 0 unspecified atom stereocenters. The minimum Gasteiger partial charge on any atom is -0.493 e. The lowest BCUT2D eigenvalue weighted by Gasteiger charge is -2.31. The molecule has 1 heterocycles. The summed E-state index contributed by atoms with van der Waals surface area (Å²) in [4.78, 5) is 12.5. The molecule has 2 rings (SSSR count). The third-order valence-electron chi connectivity index (χ3n) is 4.83. The molecular formula is C19H30N2O5S. The number of carbonyl (C=O) groups is 1. The summed E-state index contributed by atoms with van der Waals surface area (Å²) in [7, 11) is -0.731. The number of unbranched alkanes of at least 4 members (excludes halogenated alkanes) is 2. The average molecular weight is 399 g/mol. The number of methoxy groups -OCH3 is 2. The summed E-state index contributed by atoms with van der Waals surface area (Å²) in [6, 6.07) is 4.54. The van der Waals surface area contributed by atoms with Crippen LogP contribution < -0.4 is 14.8 Å². The summed E-state index contributed by atoms with van der Waals surface area (Å²) in [5.41, 5.74) is 0. The summed E-state index contributed by atoms with van der Waals surface area (Å²) >= 11 is 0. The molecule has 1 N–H and O–H groups in total. The van der Waals surface area contributed by atoms with Crippen molar-refractivity contribution in [3.8, 4) is 11.5 Å². The van der Waals surface area contributed by atoms with E-state index in [0.29, 0.717) is 37.4 Å². The van der Waals surface area contributed by atoms with Crippen LogP contribution in [0.5, 0.6) is 11.5 Å². The minimum absolute atomic E-state index is 0.0571. The highest BCUT2D eigenvalue weighted by Gasteiger charge is 2.33. The number of nitrogens with one attached hydrogen (secondary N) is 1. The fourth-order valence-corrected chi connectivity index (χ4v) is 4.77. The molecule has 1 aliphatic rings. The van der Waals surface area contributed by atoms with Crippen molar-refractivity contribution < 1.29 is 22.7 Å². The molecule has 152 valence electrons. The molecule has 1 aromatic rings. The number of sulfonamides is 1. The van der Waals surface area contributed by atoms with Gasteiger partial charge in [-0.25, -0.2) is 8.42 Å². The van der Waals surface area contributed by atoms with Crippen LogP contribution in [0.2, 0.25) is 0 Å². The minimum atomic E-state index is -3.70. The molecule has 8 heteroatoms. The number of rotatable bonds is 9. The van der Waals surface area contributed by atoms with Gasteiger partial charge in [0.05, 0.1) is 25.0 Å². The fourth-order valence-electron chi connectivity index (χ4n) is 3.23. The topological polar surface area (TPSA) is 84.9 Å². The lowest BCUT2D eigenvalue weighted by molar-refractivity contribution is -0.126. The standard InChI is InChI=1S/C19H30N2O5S/c1-4-5-6-11-20-19(22)15-8-7-12-21(14-15)27(23,24)16-9-10-17(25-2)18(13-16)26-3/h9-10,13,15H,4-8,11-12,14H2,1-3H3,(H,20,22)/t15-/m1/s1. The van der Waals surface area contributed by atoms with Crippen molar-refractivity contribution in [1.29, 1.82) is 0 Å². The first-order valence-electron chi connectivity index (χ1n) is 9.44. The van der Waals surface area contributed by atoms with Crippen LogP contribution in [-0.2, 0) is 14.8 Å². The summed E-state index contributed by atoms with van der Waals surface area (Å²) < 4.78 is 37.8. The molecule has 1 fully saturated rings. The second-order valence-electron chi connectivity index (χ2n) is 6.72. The van der Waals surface area contributed by atoms with Crippen molar-refractivity contribution in [2.75, 3.05) is 33.9 Å². The number of benzene rings is 1. The molecule has 0 bridgehead atoms. The van der Waals surface area contributed by atoms with E-state index in [2.05, 4.69) is 12.2 Å². The van der Waals surface area contributed by atoms with Gasteiger partial charge >= 0.3 is 0 Å². The number of amides is 1. The SMILES string of the molecule is CCCCCNC(=O)[C@@H]1CCCN(S(=O)(=O)c2ccc(OC)c(OC)c2)C1. The van der Waals surface area contributed by atoms with Crippen molar-refractivity contribution in [3.05, 3.63) is 18.2 Å². The highest BCUT2D eigenvalue weighted by atomic mass is 32.2. The Morgan fingerprint density at radius 2 is 1.96 bits per heavy atom. The van der Waals surface area contributed by atoms with E-state index < -0.39 is 10.0 Å². The Morgan fingerprint density at radius 3 is 2.63 bits per heavy atom. The molecule has 1 aliphatic heterocycles. The summed E-state index contributed by atoms with van der Waals surface area (Å²) in [6.07, 6.45) is 4.49. The molecule has 1 aromatic carbocycles. The van der Waals surface area contributed by atoms with Crippen molar-refractivity contribution in [2.24, 2.45) is 5.92 Å². The molecule has 0 radical (unpaired) electrons. The van der Waals surface area contributed by atoms with Crippen LogP contribution in [0.25, 0.3) is 0 Å². The van der Waals surface area contributed by atoms with Crippen LogP contribution >= 0.6 is 0 Å². The third kappa shape index (κ3) is 5.35. The van der Waals surface area contributed by atoms with E-state index in [1.807, 2.05) is 0 Å². The van der Waals surface area contributed by atoms with Crippen LogP contribution in [0, 0.1) is 5.92 Å². The Bertz CT molecular complexity index is 736. The maximum Gasteiger partial charge on any atom is 0.243 e. The first-order chi connectivity index (χ1) is 12.9. The van der Waals surface area contributed by atoms with E-state index >= 15 is 0 Å². The quantitative estimate of drug-likeness (QED) is 0.646. The van der Waals surface area contributed by atoms with Crippen LogP contribution in [0.1, 0.15) is 39.0 Å². The number of nitrogens with zero attached hydrogens (tertiary/aromatic N) is 1. The van der Waals surface area contributed by atoms with E-state index in [4.69, 9.17) is 9.47 Å². The van der Waals surface area contributed by atoms with Gasteiger partial charge in [-0.15, -0.1) is 0 Å². The van der Waals surface area contributed by atoms with Gasteiger partial charge in [-0.2, -0.15) is 4.31 Å². The Morgan fingerprint density at radius 1 is 1.22 bits per heavy atom. The van der Waals surface area contributed by atoms with Crippen molar-refractivity contribution in [3.63, 3.8) is 0 Å². The lowest BCUT2D eigenvalue weighted by atomic mass is 9.99. The van der Waals surface area contributed by atoms with Crippen LogP contribution in [0.3, 0.4) is 0 Å². The van der Waals surface area contributed by atoms with Gasteiger partial charge in [0.25, 0.3) is 0 Å². The molecule has 27 heavy (non-hydrogen) atoms. The second kappa shape index (κ2) is 9.94. The molecule has 7 nitrogen and oxygen atoms in total. The average Bonchev–Trinajstić information content (AvgIpc) is 2.70. The highest BCUT2D eigenvalue weighted by molar-refractivity contribution is 7.89.